The zero-order valence-corrected chi connectivity index (χ0v) is 15.6. The largest absolute Gasteiger partial charge is 0.378 e. The maximum Gasteiger partial charge on any atom is 0.269 e. The number of rotatable bonds is 5. The van der Waals surface area contributed by atoms with Crippen molar-refractivity contribution in [2.75, 3.05) is 7.11 Å². The van der Waals surface area contributed by atoms with Crippen molar-refractivity contribution in [3.8, 4) is 22.4 Å². The zero-order chi connectivity index (χ0) is 19.7. The minimum absolute atomic E-state index is 0.0363. The molecule has 7 nitrogen and oxygen atoms in total. The van der Waals surface area contributed by atoms with Gasteiger partial charge in [0.1, 0.15) is 0 Å². The van der Waals surface area contributed by atoms with Gasteiger partial charge in [-0.25, -0.2) is 9.50 Å². The molecular formula is C20H15ClN4O3. The molecule has 0 saturated carbocycles. The van der Waals surface area contributed by atoms with Gasteiger partial charge in [0, 0.05) is 36.0 Å². The average Bonchev–Trinajstić information content (AvgIpc) is 3.06. The third kappa shape index (κ3) is 3.21. The van der Waals surface area contributed by atoms with Crippen LogP contribution in [0.25, 0.3) is 28.0 Å². The van der Waals surface area contributed by atoms with E-state index in [0.717, 1.165) is 28.1 Å². The molecule has 0 aliphatic carbocycles. The quantitative estimate of drug-likeness (QED) is 0.359. The van der Waals surface area contributed by atoms with E-state index in [4.69, 9.17) is 21.4 Å². The third-order valence-corrected chi connectivity index (χ3v) is 4.59. The molecule has 0 unspecified atom stereocenters. The summed E-state index contributed by atoms with van der Waals surface area (Å²) >= 11 is 6.18. The van der Waals surface area contributed by atoms with Crippen molar-refractivity contribution < 1.29 is 9.66 Å². The molecule has 0 spiro atoms. The van der Waals surface area contributed by atoms with Crippen LogP contribution in [0.5, 0.6) is 0 Å². The average molecular weight is 395 g/mol. The van der Waals surface area contributed by atoms with Crippen LogP contribution in [0.15, 0.2) is 60.8 Å². The first-order chi connectivity index (χ1) is 13.6. The first-order valence-corrected chi connectivity index (χ1v) is 8.82. The second kappa shape index (κ2) is 7.38. The van der Waals surface area contributed by atoms with Gasteiger partial charge in [0.05, 0.1) is 28.5 Å². The van der Waals surface area contributed by atoms with Crippen molar-refractivity contribution in [2.24, 2.45) is 0 Å². The highest BCUT2D eigenvalue weighted by molar-refractivity contribution is 6.30. The van der Waals surface area contributed by atoms with Crippen molar-refractivity contribution >= 4 is 22.9 Å². The molecule has 2 aromatic carbocycles. The Labute approximate surface area is 165 Å². The summed E-state index contributed by atoms with van der Waals surface area (Å²) < 4.78 is 7.05. The number of ether oxygens (including phenoxy) is 1. The lowest BCUT2D eigenvalue weighted by Gasteiger charge is -2.05. The molecule has 0 radical (unpaired) electrons. The molecule has 0 bridgehead atoms. The number of methoxy groups -OCH3 is 1. The van der Waals surface area contributed by atoms with Gasteiger partial charge in [0.25, 0.3) is 5.69 Å². The highest BCUT2D eigenvalue weighted by atomic mass is 35.5. The summed E-state index contributed by atoms with van der Waals surface area (Å²) in [7, 11) is 1.61. The summed E-state index contributed by atoms with van der Waals surface area (Å²) in [5.74, 6) is 0. The number of non-ortho nitro benzene ring substituents is 1. The fourth-order valence-corrected chi connectivity index (χ4v) is 3.33. The Kier molecular flexibility index (Phi) is 4.77. The van der Waals surface area contributed by atoms with Gasteiger partial charge in [-0.2, -0.15) is 5.10 Å². The highest BCUT2D eigenvalue weighted by Crippen LogP contribution is 2.32. The number of nitro groups is 1. The van der Waals surface area contributed by atoms with E-state index in [-0.39, 0.29) is 5.69 Å². The van der Waals surface area contributed by atoms with E-state index in [2.05, 4.69) is 4.98 Å². The summed E-state index contributed by atoms with van der Waals surface area (Å²) in [6.45, 7) is 0.310. The normalized spacial score (nSPS) is 11.1. The monoisotopic (exact) mass is 394 g/mol. The lowest BCUT2D eigenvalue weighted by molar-refractivity contribution is -0.384. The first-order valence-electron chi connectivity index (χ1n) is 8.45. The van der Waals surface area contributed by atoms with Crippen LogP contribution in [-0.4, -0.2) is 26.6 Å². The van der Waals surface area contributed by atoms with Crippen LogP contribution in [0.4, 0.5) is 5.69 Å². The Morgan fingerprint density at radius 3 is 2.61 bits per heavy atom. The molecule has 2 heterocycles. The molecule has 2 aromatic heterocycles. The minimum Gasteiger partial charge on any atom is -0.378 e. The van der Waals surface area contributed by atoms with E-state index in [1.807, 2.05) is 30.3 Å². The highest BCUT2D eigenvalue weighted by Gasteiger charge is 2.18. The standard InChI is InChI=1S/C20H15ClN4O3/c1-28-12-17-19(14-3-2-4-15(21)11-14)20-22-10-9-18(24(20)23-17)13-5-7-16(8-6-13)25(26)27/h2-11H,12H2,1H3. The van der Waals surface area contributed by atoms with Gasteiger partial charge in [0.15, 0.2) is 5.65 Å². The number of hydrogen-bond acceptors (Lipinski definition) is 5. The van der Waals surface area contributed by atoms with Crippen LogP contribution < -0.4 is 0 Å². The Bertz CT molecular complexity index is 1170. The predicted octanol–water partition coefficient (Wildman–Crippen LogP) is 4.77. The topological polar surface area (TPSA) is 82.6 Å². The number of aromatic nitrogens is 3. The maximum absolute atomic E-state index is 10.9. The molecule has 28 heavy (non-hydrogen) atoms. The second-order valence-electron chi connectivity index (χ2n) is 6.13. The van der Waals surface area contributed by atoms with Crippen LogP contribution >= 0.6 is 11.6 Å². The molecule has 0 saturated heterocycles. The van der Waals surface area contributed by atoms with Crippen LogP contribution in [0.3, 0.4) is 0 Å². The maximum atomic E-state index is 10.9. The number of fused-ring (bicyclic) bond motifs is 1. The lowest BCUT2D eigenvalue weighted by Crippen LogP contribution is -1.97. The van der Waals surface area contributed by atoms with E-state index in [1.165, 1.54) is 12.1 Å². The Morgan fingerprint density at radius 1 is 1.14 bits per heavy atom. The summed E-state index contributed by atoms with van der Waals surface area (Å²) in [6, 6.07) is 15.6. The summed E-state index contributed by atoms with van der Waals surface area (Å²) in [4.78, 5) is 15.0. The van der Waals surface area contributed by atoms with Crippen LogP contribution in [-0.2, 0) is 11.3 Å². The van der Waals surface area contributed by atoms with Gasteiger partial charge in [-0.15, -0.1) is 0 Å². The Balaban J connectivity index is 1.93. The fraction of sp³-hybridized carbons (Fsp3) is 0.100. The zero-order valence-electron chi connectivity index (χ0n) is 14.9. The van der Waals surface area contributed by atoms with Crippen molar-refractivity contribution in [3.05, 3.63) is 81.6 Å². The molecule has 0 atom stereocenters. The predicted molar refractivity (Wildman–Crippen MR) is 106 cm³/mol. The molecule has 140 valence electrons. The van der Waals surface area contributed by atoms with Crippen LogP contribution in [0.1, 0.15) is 5.69 Å². The summed E-state index contributed by atoms with van der Waals surface area (Å²) in [5.41, 5.74) is 4.72. The van der Waals surface area contributed by atoms with E-state index in [0.29, 0.717) is 17.3 Å². The third-order valence-electron chi connectivity index (χ3n) is 4.36. The van der Waals surface area contributed by atoms with Gasteiger partial charge in [-0.1, -0.05) is 23.7 Å². The lowest BCUT2D eigenvalue weighted by atomic mass is 10.1. The van der Waals surface area contributed by atoms with Gasteiger partial charge >= 0.3 is 0 Å². The molecule has 0 aliphatic rings. The number of hydrogen-bond donors (Lipinski definition) is 0. The molecular weight excluding hydrogens is 380 g/mol. The van der Waals surface area contributed by atoms with Crippen LogP contribution in [0, 0.1) is 10.1 Å². The van der Waals surface area contributed by atoms with Crippen molar-refractivity contribution in [2.45, 2.75) is 6.61 Å². The number of benzene rings is 2. The first kappa shape index (κ1) is 18.1. The molecule has 4 rings (SSSR count). The second-order valence-corrected chi connectivity index (χ2v) is 6.57. The van der Waals surface area contributed by atoms with Gasteiger partial charge < -0.3 is 4.74 Å². The number of halogens is 1. The SMILES string of the molecule is COCc1nn2c(-c3ccc([N+](=O)[O-])cc3)ccnc2c1-c1cccc(Cl)c1. The van der Waals surface area contributed by atoms with Crippen LogP contribution in [0.2, 0.25) is 5.02 Å². The number of nitro benzene ring substituents is 1. The molecule has 0 aliphatic heterocycles. The molecule has 4 aromatic rings. The summed E-state index contributed by atoms with van der Waals surface area (Å²) in [6.07, 6.45) is 1.69. The minimum atomic E-state index is -0.423. The fourth-order valence-electron chi connectivity index (χ4n) is 3.14. The number of nitrogens with zero attached hydrogens (tertiary/aromatic N) is 4. The Morgan fingerprint density at radius 2 is 1.93 bits per heavy atom. The van der Waals surface area contributed by atoms with Gasteiger partial charge in [0.2, 0.25) is 0 Å². The molecule has 8 heteroatoms. The Hall–Kier alpha value is -3.29. The van der Waals surface area contributed by atoms with E-state index >= 15 is 0 Å². The molecule has 0 amide bonds. The molecule has 0 fully saturated rings. The van der Waals surface area contributed by atoms with E-state index < -0.39 is 4.92 Å². The van der Waals surface area contributed by atoms with Crippen molar-refractivity contribution in [1.82, 2.24) is 14.6 Å². The van der Waals surface area contributed by atoms with Crippen molar-refractivity contribution in [3.63, 3.8) is 0 Å². The van der Waals surface area contributed by atoms with Gasteiger partial charge in [-0.05, 0) is 35.9 Å². The summed E-state index contributed by atoms with van der Waals surface area (Å²) in [5, 5.41) is 16.2. The van der Waals surface area contributed by atoms with Crippen molar-refractivity contribution in [1.29, 1.82) is 0 Å². The van der Waals surface area contributed by atoms with E-state index in [9.17, 15) is 10.1 Å². The smallest absolute Gasteiger partial charge is 0.269 e. The molecule has 0 N–H and O–H groups in total. The van der Waals surface area contributed by atoms with E-state index in [1.54, 1.807) is 30.0 Å². The van der Waals surface area contributed by atoms with Gasteiger partial charge in [-0.3, -0.25) is 10.1 Å².